The summed E-state index contributed by atoms with van der Waals surface area (Å²) >= 11 is 0. The van der Waals surface area contributed by atoms with Crippen LogP contribution in [-0.2, 0) is 0 Å². The maximum absolute atomic E-state index is 5.76. The molecule has 0 saturated heterocycles. The molecule has 1 aromatic heterocycles. The largest absolute Gasteiger partial charge is 0.423 e. The van der Waals surface area contributed by atoms with Gasteiger partial charge >= 0.3 is 0 Å². The van der Waals surface area contributed by atoms with Crippen molar-refractivity contribution >= 4 is 17.1 Å². The molecule has 0 radical (unpaired) electrons. The number of anilines is 1. The van der Waals surface area contributed by atoms with E-state index >= 15 is 0 Å². The van der Waals surface area contributed by atoms with E-state index in [-0.39, 0.29) is 0 Å². The Bertz CT molecular complexity index is 452. The summed E-state index contributed by atoms with van der Waals surface area (Å²) in [5.41, 5.74) is 1.82. The number of fused-ring (bicyclic) bond motifs is 1. The quantitative estimate of drug-likeness (QED) is 0.772. The van der Waals surface area contributed by atoms with Gasteiger partial charge in [-0.15, -0.1) is 0 Å². The second-order valence-electron chi connectivity index (χ2n) is 4.51. The Morgan fingerprint density at radius 2 is 2.00 bits per heavy atom. The zero-order valence-electron chi connectivity index (χ0n) is 9.52. The Morgan fingerprint density at radius 1 is 1.25 bits per heavy atom. The molecular weight excluding hydrogens is 200 g/mol. The molecule has 1 heterocycles. The van der Waals surface area contributed by atoms with E-state index in [1.807, 2.05) is 24.3 Å². The second kappa shape index (κ2) is 3.81. The Kier molecular flexibility index (Phi) is 2.31. The van der Waals surface area contributed by atoms with Crippen LogP contribution < -0.4 is 4.90 Å². The van der Waals surface area contributed by atoms with Crippen LogP contribution in [0.25, 0.3) is 11.1 Å². The first-order valence-electron chi connectivity index (χ1n) is 5.93. The van der Waals surface area contributed by atoms with Crippen molar-refractivity contribution in [3.05, 3.63) is 24.3 Å². The minimum Gasteiger partial charge on any atom is -0.423 e. The molecule has 0 bridgehead atoms. The van der Waals surface area contributed by atoms with Crippen LogP contribution in [0.4, 0.5) is 6.01 Å². The van der Waals surface area contributed by atoms with Crippen LogP contribution in [0, 0.1) is 0 Å². The molecule has 1 fully saturated rings. The molecule has 3 rings (SSSR count). The summed E-state index contributed by atoms with van der Waals surface area (Å²) in [6, 6.07) is 9.29. The average molecular weight is 216 g/mol. The summed E-state index contributed by atoms with van der Waals surface area (Å²) in [4.78, 5) is 6.70. The highest BCUT2D eigenvalue weighted by Gasteiger charge is 2.22. The molecule has 0 amide bonds. The van der Waals surface area contributed by atoms with E-state index in [0.29, 0.717) is 6.04 Å². The first-order valence-corrected chi connectivity index (χ1v) is 5.93. The lowest BCUT2D eigenvalue weighted by Crippen LogP contribution is -2.28. The third kappa shape index (κ3) is 1.56. The number of benzene rings is 1. The van der Waals surface area contributed by atoms with Gasteiger partial charge in [0.25, 0.3) is 6.01 Å². The average Bonchev–Trinajstić information content (AvgIpc) is 2.97. The lowest BCUT2D eigenvalue weighted by Gasteiger charge is -2.21. The fourth-order valence-electron chi connectivity index (χ4n) is 2.46. The number of rotatable bonds is 2. The zero-order valence-corrected chi connectivity index (χ0v) is 9.52. The van der Waals surface area contributed by atoms with Crippen molar-refractivity contribution in [1.29, 1.82) is 0 Å². The van der Waals surface area contributed by atoms with Gasteiger partial charge in [0.15, 0.2) is 5.58 Å². The monoisotopic (exact) mass is 216 g/mol. The fraction of sp³-hybridized carbons (Fsp3) is 0.462. The summed E-state index contributed by atoms with van der Waals surface area (Å²) in [5.74, 6) is 0. The SMILES string of the molecule is CN(c1nc2ccccc2o1)C1CCCC1. The molecule has 1 saturated carbocycles. The maximum atomic E-state index is 5.76. The lowest BCUT2D eigenvalue weighted by atomic mass is 10.2. The predicted molar refractivity (Wildman–Crippen MR) is 64.7 cm³/mol. The van der Waals surface area contributed by atoms with Crippen LogP contribution in [0.1, 0.15) is 25.7 Å². The van der Waals surface area contributed by atoms with Crippen molar-refractivity contribution in [3.63, 3.8) is 0 Å². The normalized spacial score (nSPS) is 17.1. The Balaban J connectivity index is 1.92. The molecule has 0 aliphatic heterocycles. The van der Waals surface area contributed by atoms with Crippen LogP contribution in [0.15, 0.2) is 28.7 Å². The van der Waals surface area contributed by atoms with E-state index in [9.17, 15) is 0 Å². The summed E-state index contributed by atoms with van der Waals surface area (Å²) < 4.78 is 5.76. The van der Waals surface area contributed by atoms with Gasteiger partial charge in [-0.05, 0) is 25.0 Å². The van der Waals surface area contributed by atoms with E-state index < -0.39 is 0 Å². The number of oxazole rings is 1. The number of aromatic nitrogens is 1. The molecule has 0 unspecified atom stereocenters. The van der Waals surface area contributed by atoms with Crippen molar-refractivity contribution in [2.45, 2.75) is 31.7 Å². The van der Waals surface area contributed by atoms with Crippen LogP contribution in [0.5, 0.6) is 0 Å². The van der Waals surface area contributed by atoms with Gasteiger partial charge in [-0.25, -0.2) is 0 Å². The van der Waals surface area contributed by atoms with Gasteiger partial charge in [0.05, 0.1) is 0 Å². The highest BCUT2D eigenvalue weighted by Crippen LogP contribution is 2.28. The molecule has 84 valence electrons. The molecule has 1 aliphatic carbocycles. The van der Waals surface area contributed by atoms with Crippen molar-refractivity contribution in [2.75, 3.05) is 11.9 Å². The highest BCUT2D eigenvalue weighted by atomic mass is 16.4. The van der Waals surface area contributed by atoms with E-state index in [1.165, 1.54) is 25.7 Å². The Labute approximate surface area is 95.1 Å². The first kappa shape index (κ1) is 9.70. The van der Waals surface area contributed by atoms with Crippen molar-refractivity contribution in [1.82, 2.24) is 4.98 Å². The molecule has 16 heavy (non-hydrogen) atoms. The summed E-state index contributed by atoms with van der Waals surface area (Å²) in [5, 5.41) is 0. The van der Waals surface area contributed by atoms with Gasteiger partial charge in [0.2, 0.25) is 0 Å². The van der Waals surface area contributed by atoms with E-state index in [2.05, 4.69) is 16.9 Å². The fourth-order valence-corrected chi connectivity index (χ4v) is 2.46. The van der Waals surface area contributed by atoms with Crippen LogP contribution in [0.2, 0.25) is 0 Å². The summed E-state index contributed by atoms with van der Waals surface area (Å²) in [7, 11) is 2.08. The molecule has 1 aliphatic rings. The van der Waals surface area contributed by atoms with Crippen LogP contribution >= 0.6 is 0 Å². The van der Waals surface area contributed by atoms with Gasteiger partial charge in [-0.2, -0.15) is 4.98 Å². The van der Waals surface area contributed by atoms with E-state index in [4.69, 9.17) is 4.42 Å². The molecule has 3 nitrogen and oxygen atoms in total. The number of nitrogens with zero attached hydrogens (tertiary/aromatic N) is 2. The summed E-state index contributed by atoms with van der Waals surface area (Å²) in [6.07, 6.45) is 5.18. The molecular formula is C13H16N2O. The van der Waals surface area contributed by atoms with Crippen molar-refractivity contribution in [2.24, 2.45) is 0 Å². The molecule has 2 aromatic rings. The van der Waals surface area contributed by atoms with Crippen molar-refractivity contribution < 1.29 is 4.42 Å². The van der Waals surface area contributed by atoms with E-state index in [0.717, 1.165) is 17.1 Å². The number of hydrogen-bond donors (Lipinski definition) is 0. The smallest absolute Gasteiger partial charge is 0.298 e. The van der Waals surface area contributed by atoms with Gasteiger partial charge in [-0.1, -0.05) is 25.0 Å². The first-order chi connectivity index (χ1) is 7.84. The van der Waals surface area contributed by atoms with E-state index in [1.54, 1.807) is 0 Å². The van der Waals surface area contributed by atoms with Gasteiger partial charge < -0.3 is 9.32 Å². The molecule has 1 aromatic carbocycles. The van der Waals surface area contributed by atoms with Crippen LogP contribution in [0.3, 0.4) is 0 Å². The van der Waals surface area contributed by atoms with Crippen molar-refractivity contribution in [3.8, 4) is 0 Å². The maximum Gasteiger partial charge on any atom is 0.298 e. The Morgan fingerprint density at radius 3 is 2.75 bits per heavy atom. The minimum absolute atomic E-state index is 0.605. The van der Waals surface area contributed by atoms with Gasteiger partial charge in [0, 0.05) is 13.1 Å². The predicted octanol–water partition coefficient (Wildman–Crippen LogP) is 3.21. The third-order valence-electron chi connectivity index (χ3n) is 3.46. The third-order valence-corrected chi connectivity index (χ3v) is 3.46. The van der Waals surface area contributed by atoms with Crippen LogP contribution in [-0.4, -0.2) is 18.1 Å². The van der Waals surface area contributed by atoms with Gasteiger partial charge in [0.1, 0.15) is 5.52 Å². The lowest BCUT2D eigenvalue weighted by molar-refractivity contribution is 0.538. The molecule has 0 spiro atoms. The molecule has 0 N–H and O–H groups in total. The topological polar surface area (TPSA) is 29.3 Å². The molecule has 3 heteroatoms. The molecule has 0 atom stereocenters. The highest BCUT2D eigenvalue weighted by molar-refractivity contribution is 5.74. The Hall–Kier alpha value is -1.51. The second-order valence-corrected chi connectivity index (χ2v) is 4.51. The number of para-hydroxylation sites is 2. The number of hydrogen-bond acceptors (Lipinski definition) is 3. The summed E-state index contributed by atoms with van der Waals surface area (Å²) in [6.45, 7) is 0. The zero-order chi connectivity index (χ0) is 11.0. The van der Waals surface area contributed by atoms with Gasteiger partial charge in [-0.3, -0.25) is 0 Å². The standard InChI is InChI=1S/C13H16N2O/c1-15(10-6-2-3-7-10)13-14-11-8-4-5-9-12(11)16-13/h4-5,8-10H,2-3,6-7H2,1H3. The minimum atomic E-state index is 0.605.